The second-order valence-corrected chi connectivity index (χ2v) is 16.7. The average Bonchev–Trinajstić information content (AvgIpc) is 2.45. The Balaban J connectivity index is 1.70. The van der Waals surface area contributed by atoms with Crippen molar-refractivity contribution in [2.75, 3.05) is 0 Å². The highest BCUT2D eigenvalue weighted by Crippen LogP contribution is 2.38. The van der Waals surface area contributed by atoms with Gasteiger partial charge >= 0.3 is 0 Å². The van der Waals surface area contributed by atoms with Crippen LogP contribution in [0.2, 0.25) is 38.3 Å². The maximum Gasteiger partial charge on any atom is 0.187 e. The monoisotopic (exact) mass is 334 g/mol. The van der Waals surface area contributed by atoms with Gasteiger partial charge < -0.3 is 8.85 Å². The van der Waals surface area contributed by atoms with Crippen LogP contribution in [0.1, 0.15) is 49.0 Å². The smallest absolute Gasteiger partial charge is 0.187 e. The van der Waals surface area contributed by atoms with E-state index in [2.05, 4.69) is 50.5 Å². The van der Waals surface area contributed by atoms with Crippen LogP contribution in [0.25, 0.3) is 0 Å². The Labute approximate surface area is 137 Å². The van der Waals surface area contributed by atoms with Gasteiger partial charge in [0.15, 0.2) is 16.6 Å². The van der Waals surface area contributed by atoms with Crippen molar-refractivity contribution in [1.82, 2.24) is 0 Å². The third-order valence-electron chi connectivity index (χ3n) is 5.09. The molecular formula is C18H30O2Si2. The van der Waals surface area contributed by atoms with Gasteiger partial charge in [-0.2, -0.15) is 0 Å². The molecule has 0 radical (unpaired) electrons. The summed E-state index contributed by atoms with van der Waals surface area (Å²) >= 11 is 0. The quantitative estimate of drug-likeness (QED) is 0.636. The van der Waals surface area contributed by atoms with Gasteiger partial charge in [0.25, 0.3) is 0 Å². The minimum atomic E-state index is -1.42. The lowest BCUT2D eigenvalue weighted by molar-refractivity contribution is 0.160. The summed E-state index contributed by atoms with van der Waals surface area (Å²) in [5.41, 5.74) is 2.72. The Morgan fingerprint density at radius 1 is 0.727 bits per heavy atom. The minimum absolute atomic E-state index is 0.322. The Kier molecular flexibility index (Phi) is 4.65. The van der Waals surface area contributed by atoms with Crippen molar-refractivity contribution in [2.24, 2.45) is 0 Å². The first-order valence-corrected chi connectivity index (χ1v) is 15.0. The van der Waals surface area contributed by atoms with E-state index < -0.39 is 16.6 Å². The Morgan fingerprint density at radius 2 is 1.09 bits per heavy atom. The van der Waals surface area contributed by atoms with Gasteiger partial charge in [-0.15, -0.1) is 0 Å². The molecule has 1 aromatic rings. The zero-order valence-corrected chi connectivity index (χ0v) is 16.5. The van der Waals surface area contributed by atoms with E-state index in [1.807, 2.05) is 0 Å². The van der Waals surface area contributed by atoms with E-state index in [9.17, 15) is 0 Å². The summed E-state index contributed by atoms with van der Waals surface area (Å²) in [6, 6.07) is 11.7. The van der Waals surface area contributed by atoms with Gasteiger partial charge in [-0.05, 0) is 62.2 Å². The van der Waals surface area contributed by atoms with Crippen molar-refractivity contribution in [3.63, 3.8) is 0 Å². The van der Waals surface area contributed by atoms with Gasteiger partial charge in [-0.1, -0.05) is 37.1 Å². The Bertz CT molecular complexity index is 463. The summed E-state index contributed by atoms with van der Waals surface area (Å²) in [5.74, 6) is 0. The van der Waals surface area contributed by atoms with Crippen molar-refractivity contribution in [3.05, 3.63) is 35.4 Å². The average molecular weight is 335 g/mol. The van der Waals surface area contributed by atoms with Crippen molar-refractivity contribution >= 4 is 16.6 Å². The molecule has 2 atom stereocenters. The fraction of sp³-hybridized carbons (Fsp3) is 0.667. The zero-order chi connectivity index (χ0) is 15.8. The topological polar surface area (TPSA) is 18.5 Å². The van der Waals surface area contributed by atoms with E-state index in [1.54, 1.807) is 0 Å². The van der Waals surface area contributed by atoms with E-state index in [0.717, 1.165) is 0 Å². The van der Waals surface area contributed by atoms with E-state index in [0.29, 0.717) is 12.2 Å². The highest BCUT2D eigenvalue weighted by molar-refractivity contribution is 6.71. The third-order valence-corrected chi connectivity index (χ3v) is 10.1. The van der Waals surface area contributed by atoms with Crippen molar-refractivity contribution in [3.8, 4) is 0 Å². The molecule has 22 heavy (non-hydrogen) atoms. The maximum absolute atomic E-state index is 6.39. The zero-order valence-electron chi connectivity index (χ0n) is 14.5. The maximum atomic E-state index is 6.39. The lowest BCUT2D eigenvalue weighted by Crippen LogP contribution is -2.36. The molecule has 0 N–H and O–H groups in total. The van der Waals surface area contributed by atoms with E-state index in [-0.39, 0.29) is 0 Å². The van der Waals surface area contributed by atoms with Gasteiger partial charge in [-0.25, -0.2) is 0 Å². The fourth-order valence-electron chi connectivity index (χ4n) is 3.83. The molecule has 0 amide bonds. The van der Waals surface area contributed by atoms with Crippen LogP contribution in [0.5, 0.6) is 0 Å². The van der Waals surface area contributed by atoms with Crippen LogP contribution in [0.15, 0.2) is 24.3 Å². The molecule has 2 nitrogen and oxygen atoms in total. The molecule has 0 spiro atoms. The predicted molar refractivity (Wildman–Crippen MR) is 97.1 cm³/mol. The summed E-state index contributed by atoms with van der Waals surface area (Å²) in [5, 5.41) is 0. The molecule has 2 saturated heterocycles. The van der Waals surface area contributed by atoms with Crippen LogP contribution in [-0.2, 0) is 8.85 Å². The van der Waals surface area contributed by atoms with E-state index in [4.69, 9.17) is 8.85 Å². The number of hydrogen-bond acceptors (Lipinski definition) is 2. The molecule has 4 heteroatoms. The lowest BCUT2D eigenvalue weighted by Gasteiger charge is -2.36. The van der Waals surface area contributed by atoms with Crippen LogP contribution in [0.4, 0.5) is 0 Å². The van der Waals surface area contributed by atoms with Crippen LogP contribution in [0, 0.1) is 0 Å². The lowest BCUT2D eigenvalue weighted by atomic mass is 10.00. The molecule has 1 aromatic carbocycles. The van der Waals surface area contributed by atoms with Crippen LogP contribution in [0.3, 0.4) is 0 Å². The van der Waals surface area contributed by atoms with Gasteiger partial charge in [0, 0.05) is 0 Å². The Hall–Kier alpha value is -0.426. The molecule has 2 unspecified atom stereocenters. The molecule has 0 aromatic heterocycles. The standard InChI is InChI=1S/C18H30O2Si2/c1-21(2)13-5-7-17(19-21)15-9-11-16(12-10-15)18-8-6-14-22(3,4)20-18/h9-12,17-18H,5-8,13-14H2,1-4H3. The SMILES string of the molecule is C[Si]1(C)CCCC(c2ccc(C3CCC[Si](C)(C)O3)cc2)O1. The fourth-order valence-corrected chi connectivity index (χ4v) is 8.22. The molecule has 0 bridgehead atoms. The van der Waals surface area contributed by atoms with E-state index in [1.165, 1.54) is 48.9 Å². The number of rotatable bonds is 2. The molecule has 122 valence electrons. The van der Waals surface area contributed by atoms with Gasteiger partial charge in [0.05, 0.1) is 12.2 Å². The highest BCUT2D eigenvalue weighted by Gasteiger charge is 2.33. The normalized spacial score (nSPS) is 30.9. The first kappa shape index (κ1) is 16.4. The molecular weight excluding hydrogens is 304 g/mol. The minimum Gasteiger partial charge on any atom is -0.410 e. The van der Waals surface area contributed by atoms with Crippen molar-refractivity contribution in [2.45, 2.75) is 76.2 Å². The second-order valence-electron chi connectivity index (χ2n) is 8.18. The summed E-state index contributed by atoms with van der Waals surface area (Å²) in [6.45, 7) is 9.37. The predicted octanol–water partition coefficient (Wildman–Crippen LogP) is 5.80. The second kappa shape index (κ2) is 6.23. The molecule has 0 saturated carbocycles. The third kappa shape index (κ3) is 3.91. The largest absolute Gasteiger partial charge is 0.410 e. The summed E-state index contributed by atoms with van der Waals surface area (Å²) in [6.07, 6.45) is 5.63. The summed E-state index contributed by atoms with van der Waals surface area (Å²) < 4.78 is 12.8. The molecule has 2 fully saturated rings. The first-order valence-electron chi connectivity index (χ1n) is 8.80. The van der Waals surface area contributed by atoms with Crippen molar-refractivity contribution < 1.29 is 8.85 Å². The van der Waals surface area contributed by atoms with Crippen LogP contribution >= 0.6 is 0 Å². The number of benzene rings is 1. The van der Waals surface area contributed by atoms with Crippen molar-refractivity contribution in [1.29, 1.82) is 0 Å². The first-order chi connectivity index (χ1) is 10.3. The molecule has 0 aliphatic carbocycles. The van der Waals surface area contributed by atoms with Gasteiger partial charge in [-0.3, -0.25) is 0 Å². The molecule has 2 heterocycles. The summed E-state index contributed by atoms with van der Waals surface area (Å²) in [4.78, 5) is 0. The van der Waals surface area contributed by atoms with Crippen LogP contribution in [-0.4, -0.2) is 16.6 Å². The van der Waals surface area contributed by atoms with Gasteiger partial charge in [0.1, 0.15) is 0 Å². The van der Waals surface area contributed by atoms with Gasteiger partial charge in [0.2, 0.25) is 0 Å². The number of hydrogen-bond donors (Lipinski definition) is 0. The van der Waals surface area contributed by atoms with E-state index >= 15 is 0 Å². The molecule has 2 aliphatic heterocycles. The summed E-state index contributed by atoms with van der Waals surface area (Å²) in [7, 11) is -2.84. The molecule has 3 rings (SSSR count). The highest BCUT2D eigenvalue weighted by atomic mass is 28.4. The van der Waals surface area contributed by atoms with Crippen LogP contribution < -0.4 is 0 Å². The Morgan fingerprint density at radius 3 is 1.41 bits per heavy atom. The molecule has 2 aliphatic rings.